The van der Waals surface area contributed by atoms with Crippen molar-refractivity contribution in [3.8, 4) is 0 Å². The summed E-state index contributed by atoms with van der Waals surface area (Å²) in [7, 11) is 1.85. The minimum absolute atomic E-state index is 0.00408. The minimum Gasteiger partial charge on any atom is -0.212 e. The summed E-state index contributed by atoms with van der Waals surface area (Å²) in [5, 5.41) is 0. The lowest BCUT2D eigenvalue weighted by atomic mass is 9.86. The van der Waals surface area contributed by atoms with Gasteiger partial charge in [-0.15, -0.1) is 0 Å². The monoisotopic (exact) mass is 260 g/mol. The third kappa shape index (κ3) is 4.54. The van der Waals surface area contributed by atoms with E-state index < -0.39 is 9.05 Å². The third-order valence-corrected chi connectivity index (χ3v) is 3.95. The van der Waals surface area contributed by atoms with Crippen LogP contribution in [0.5, 0.6) is 0 Å². The van der Waals surface area contributed by atoms with Crippen molar-refractivity contribution in [2.24, 2.45) is 5.41 Å². The van der Waals surface area contributed by atoms with Gasteiger partial charge >= 0.3 is 0 Å². The van der Waals surface area contributed by atoms with Crippen LogP contribution >= 0.6 is 10.7 Å². The van der Waals surface area contributed by atoms with Gasteiger partial charge in [-0.2, -0.15) is 0 Å². The molecule has 90 valence electrons. The zero-order valence-corrected chi connectivity index (χ0v) is 11.4. The van der Waals surface area contributed by atoms with Gasteiger partial charge in [-0.3, -0.25) is 0 Å². The van der Waals surface area contributed by atoms with Gasteiger partial charge in [-0.25, -0.2) is 8.42 Å². The number of benzene rings is 1. The standard InChI is InChI=1S/C12H17ClO2S/c1-10-6-4-5-7-11(10)8-12(2,3)9-16(13,14)15/h4-7H,8-9H2,1-3H3. The summed E-state index contributed by atoms with van der Waals surface area (Å²) in [5.41, 5.74) is 2.02. The van der Waals surface area contributed by atoms with Crippen molar-refractivity contribution in [2.45, 2.75) is 27.2 Å². The SMILES string of the molecule is Cc1ccccc1CC(C)(C)CS(=O)(=O)Cl. The van der Waals surface area contributed by atoms with Crippen LogP contribution in [0.3, 0.4) is 0 Å². The summed E-state index contributed by atoms with van der Waals surface area (Å²) >= 11 is 0. The molecule has 0 spiro atoms. The summed E-state index contributed by atoms with van der Waals surface area (Å²) in [6, 6.07) is 8.00. The van der Waals surface area contributed by atoms with Crippen LogP contribution in [0, 0.1) is 12.3 Å². The second-order valence-corrected chi connectivity index (χ2v) is 7.73. The maximum atomic E-state index is 11.1. The van der Waals surface area contributed by atoms with Crippen molar-refractivity contribution in [1.82, 2.24) is 0 Å². The highest BCUT2D eigenvalue weighted by Crippen LogP contribution is 2.26. The van der Waals surface area contributed by atoms with E-state index in [2.05, 4.69) is 0 Å². The largest absolute Gasteiger partial charge is 0.233 e. The molecule has 0 radical (unpaired) electrons. The van der Waals surface area contributed by atoms with Gasteiger partial charge in [0.1, 0.15) is 0 Å². The Morgan fingerprint density at radius 2 is 1.81 bits per heavy atom. The molecule has 0 heterocycles. The predicted octanol–water partition coefficient (Wildman–Crippen LogP) is 3.13. The highest BCUT2D eigenvalue weighted by molar-refractivity contribution is 8.13. The van der Waals surface area contributed by atoms with Gasteiger partial charge < -0.3 is 0 Å². The maximum absolute atomic E-state index is 11.1. The molecule has 1 aromatic rings. The quantitative estimate of drug-likeness (QED) is 0.780. The van der Waals surface area contributed by atoms with Crippen molar-refractivity contribution >= 4 is 19.7 Å². The van der Waals surface area contributed by atoms with Crippen LogP contribution in [0.1, 0.15) is 25.0 Å². The Morgan fingerprint density at radius 3 is 2.31 bits per heavy atom. The third-order valence-electron chi connectivity index (χ3n) is 2.49. The Morgan fingerprint density at radius 1 is 1.25 bits per heavy atom. The summed E-state index contributed by atoms with van der Waals surface area (Å²) in [4.78, 5) is 0. The van der Waals surface area contributed by atoms with Crippen LogP contribution in [-0.2, 0) is 15.5 Å². The molecular weight excluding hydrogens is 244 g/mol. The molecule has 0 atom stereocenters. The van der Waals surface area contributed by atoms with E-state index in [1.165, 1.54) is 11.1 Å². The van der Waals surface area contributed by atoms with Gasteiger partial charge in [-0.05, 0) is 29.9 Å². The van der Waals surface area contributed by atoms with Gasteiger partial charge in [0.2, 0.25) is 9.05 Å². The molecular formula is C12H17ClO2S. The van der Waals surface area contributed by atoms with Crippen LogP contribution in [0.4, 0.5) is 0 Å². The van der Waals surface area contributed by atoms with E-state index in [-0.39, 0.29) is 11.2 Å². The van der Waals surface area contributed by atoms with E-state index in [4.69, 9.17) is 10.7 Å². The first-order valence-corrected chi connectivity index (χ1v) is 7.64. The van der Waals surface area contributed by atoms with Crippen molar-refractivity contribution < 1.29 is 8.42 Å². The highest BCUT2D eigenvalue weighted by atomic mass is 35.7. The molecule has 2 nitrogen and oxygen atoms in total. The first-order valence-electron chi connectivity index (χ1n) is 5.16. The fourth-order valence-corrected chi connectivity index (χ4v) is 3.76. The van der Waals surface area contributed by atoms with Crippen LogP contribution in [0.15, 0.2) is 24.3 Å². The summed E-state index contributed by atoms with van der Waals surface area (Å²) in [6.45, 7) is 5.86. The molecule has 0 saturated heterocycles. The molecule has 1 aromatic carbocycles. The van der Waals surface area contributed by atoms with E-state index in [0.29, 0.717) is 6.42 Å². The maximum Gasteiger partial charge on any atom is 0.233 e. The average Bonchev–Trinajstić information content (AvgIpc) is 2.04. The second kappa shape index (κ2) is 4.76. The number of rotatable bonds is 4. The Balaban J connectivity index is 2.85. The van der Waals surface area contributed by atoms with Crippen molar-refractivity contribution in [1.29, 1.82) is 0 Å². The van der Waals surface area contributed by atoms with E-state index >= 15 is 0 Å². The Kier molecular flexibility index (Phi) is 4.02. The summed E-state index contributed by atoms with van der Waals surface area (Å²) in [6.07, 6.45) is 0.714. The van der Waals surface area contributed by atoms with Crippen molar-refractivity contribution in [2.75, 3.05) is 5.75 Å². The molecule has 0 N–H and O–H groups in total. The lowest BCUT2D eigenvalue weighted by Crippen LogP contribution is -2.24. The summed E-state index contributed by atoms with van der Waals surface area (Å²) in [5.74, 6) is -0.00408. The molecule has 16 heavy (non-hydrogen) atoms. The number of aryl methyl sites for hydroxylation is 1. The summed E-state index contributed by atoms with van der Waals surface area (Å²) < 4.78 is 22.2. The molecule has 0 aliphatic rings. The van der Waals surface area contributed by atoms with E-state index in [1.807, 2.05) is 45.0 Å². The first kappa shape index (κ1) is 13.5. The first-order chi connectivity index (χ1) is 7.20. The molecule has 0 fully saturated rings. The Bertz CT molecular complexity index is 464. The molecule has 0 unspecified atom stereocenters. The highest BCUT2D eigenvalue weighted by Gasteiger charge is 2.25. The fraction of sp³-hybridized carbons (Fsp3) is 0.500. The van der Waals surface area contributed by atoms with Crippen LogP contribution < -0.4 is 0 Å². The van der Waals surface area contributed by atoms with Crippen LogP contribution in [-0.4, -0.2) is 14.2 Å². The smallest absolute Gasteiger partial charge is 0.212 e. The van der Waals surface area contributed by atoms with Gasteiger partial charge in [-0.1, -0.05) is 38.1 Å². The zero-order valence-electron chi connectivity index (χ0n) is 9.83. The molecule has 0 bridgehead atoms. The number of halogens is 1. The average molecular weight is 261 g/mol. The van der Waals surface area contributed by atoms with E-state index in [9.17, 15) is 8.42 Å². The molecule has 0 aliphatic heterocycles. The normalized spacial score (nSPS) is 12.8. The van der Waals surface area contributed by atoms with E-state index in [1.54, 1.807) is 0 Å². The van der Waals surface area contributed by atoms with Gasteiger partial charge in [0.25, 0.3) is 0 Å². The van der Waals surface area contributed by atoms with Crippen LogP contribution in [0.25, 0.3) is 0 Å². The molecule has 0 saturated carbocycles. The van der Waals surface area contributed by atoms with Crippen LogP contribution in [0.2, 0.25) is 0 Å². The van der Waals surface area contributed by atoms with Gasteiger partial charge in [0.05, 0.1) is 5.75 Å². The zero-order chi connectivity index (χ0) is 12.4. The molecule has 0 aromatic heterocycles. The van der Waals surface area contributed by atoms with Crippen molar-refractivity contribution in [3.63, 3.8) is 0 Å². The van der Waals surface area contributed by atoms with Crippen molar-refractivity contribution in [3.05, 3.63) is 35.4 Å². The second-order valence-electron chi connectivity index (χ2n) is 4.95. The fourth-order valence-electron chi connectivity index (χ4n) is 1.84. The van der Waals surface area contributed by atoms with E-state index in [0.717, 1.165) is 0 Å². The molecule has 1 rings (SSSR count). The molecule has 4 heteroatoms. The topological polar surface area (TPSA) is 34.1 Å². The van der Waals surface area contributed by atoms with Gasteiger partial charge in [0.15, 0.2) is 0 Å². The Hall–Kier alpha value is -0.540. The minimum atomic E-state index is -3.44. The molecule has 0 aliphatic carbocycles. The number of hydrogen-bond acceptors (Lipinski definition) is 2. The lowest BCUT2D eigenvalue weighted by Gasteiger charge is -2.23. The lowest BCUT2D eigenvalue weighted by molar-refractivity contribution is 0.411. The van der Waals surface area contributed by atoms with Gasteiger partial charge in [0, 0.05) is 10.7 Å². The number of hydrogen-bond donors (Lipinski definition) is 0. The molecule has 0 amide bonds. The Labute approximate surface area is 102 Å². The predicted molar refractivity (Wildman–Crippen MR) is 68.3 cm³/mol.